The maximum absolute atomic E-state index is 3.69. The Morgan fingerprint density at radius 3 is 2.67 bits per heavy atom. The van der Waals surface area contributed by atoms with Gasteiger partial charge in [-0.3, -0.25) is 0 Å². The topological polar surface area (TPSA) is 12.0 Å². The minimum atomic E-state index is 0.659. The molecule has 1 heteroatoms. The van der Waals surface area contributed by atoms with E-state index in [2.05, 4.69) is 35.6 Å². The SMILES string of the molecule is c1ccc(CC2CNCCC23CCCC(C2CC2)C3)cc1. The predicted octanol–water partition coefficient (Wildman–Crippen LogP) is 4.43. The molecule has 1 saturated heterocycles. The Hall–Kier alpha value is -0.820. The molecule has 3 atom stereocenters. The second kappa shape index (κ2) is 5.76. The number of nitrogens with one attached hydrogen (secondary N) is 1. The van der Waals surface area contributed by atoms with Crippen molar-refractivity contribution in [2.24, 2.45) is 23.2 Å². The Balaban J connectivity index is 1.52. The van der Waals surface area contributed by atoms with E-state index in [0.717, 1.165) is 17.8 Å². The second-order valence-electron chi connectivity index (χ2n) is 7.90. The lowest BCUT2D eigenvalue weighted by Gasteiger charge is -2.50. The average molecular weight is 283 g/mol. The van der Waals surface area contributed by atoms with Gasteiger partial charge in [-0.15, -0.1) is 0 Å². The summed E-state index contributed by atoms with van der Waals surface area (Å²) in [5.74, 6) is 3.03. The highest BCUT2D eigenvalue weighted by Crippen LogP contribution is 2.54. The van der Waals surface area contributed by atoms with Crippen LogP contribution in [0.1, 0.15) is 50.5 Å². The molecule has 4 rings (SSSR count). The van der Waals surface area contributed by atoms with Gasteiger partial charge in [0.2, 0.25) is 0 Å². The van der Waals surface area contributed by atoms with Crippen LogP contribution in [-0.2, 0) is 6.42 Å². The van der Waals surface area contributed by atoms with Crippen molar-refractivity contribution in [2.45, 2.75) is 51.4 Å². The van der Waals surface area contributed by atoms with Gasteiger partial charge in [0.05, 0.1) is 0 Å². The third-order valence-corrected chi connectivity index (χ3v) is 6.59. The van der Waals surface area contributed by atoms with Crippen LogP contribution in [0.15, 0.2) is 30.3 Å². The first kappa shape index (κ1) is 13.8. The highest BCUT2D eigenvalue weighted by atomic mass is 14.9. The quantitative estimate of drug-likeness (QED) is 0.865. The molecule has 1 aromatic rings. The van der Waals surface area contributed by atoms with E-state index in [9.17, 15) is 0 Å². The molecule has 0 radical (unpaired) electrons. The van der Waals surface area contributed by atoms with E-state index in [0.29, 0.717) is 5.41 Å². The maximum Gasteiger partial charge on any atom is -0.00120 e. The summed E-state index contributed by atoms with van der Waals surface area (Å²) < 4.78 is 0. The van der Waals surface area contributed by atoms with E-state index in [-0.39, 0.29) is 0 Å². The molecule has 1 nitrogen and oxygen atoms in total. The van der Waals surface area contributed by atoms with Crippen molar-refractivity contribution in [1.82, 2.24) is 5.32 Å². The van der Waals surface area contributed by atoms with Crippen LogP contribution in [0.5, 0.6) is 0 Å². The first-order valence-corrected chi connectivity index (χ1v) is 9.10. The fourth-order valence-corrected chi connectivity index (χ4v) is 5.23. The molecule has 2 saturated carbocycles. The van der Waals surface area contributed by atoms with Gasteiger partial charge in [0.25, 0.3) is 0 Å². The molecule has 1 spiro atoms. The Bertz CT molecular complexity index is 460. The van der Waals surface area contributed by atoms with Gasteiger partial charge in [-0.2, -0.15) is 0 Å². The van der Waals surface area contributed by atoms with Crippen molar-refractivity contribution in [2.75, 3.05) is 13.1 Å². The number of rotatable bonds is 3. The molecule has 0 bridgehead atoms. The fourth-order valence-electron chi connectivity index (χ4n) is 5.23. The van der Waals surface area contributed by atoms with Gasteiger partial charge in [0.15, 0.2) is 0 Å². The van der Waals surface area contributed by atoms with Crippen molar-refractivity contribution in [3.63, 3.8) is 0 Å². The van der Waals surface area contributed by atoms with Crippen molar-refractivity contribution in [3.8, 4) is 0 Å². The molecule has 1 N–H and O–H groups in total. The summed E-state index contributed by atoms with van der Waals surface area (Å²) in [5, 5.41) is 3.69. The van der Waals surface area contributed by atoms with E-state index in [4.69, 9.17) is 0 Å². The van der Waals surface area contributed by atoms with Crippen LogP contribution in [0.3, 0.4) is 0 Å². The molecule has 114 valence electrons. The van der Waals surface area contributed by atoms with Crippen LogP contribution >= 0.6 is 0 Å². The molecule has 2 aliphatic carbocycles. The summed E-state index contributed by atoms with van der Waals surface area (Å²) in [7, 11) is 0. The Kier molecular flexibility index (Phi) is 3.79. The third-order valence-electron chi connectivity index (χ3n) is 6.59. The summed E-state index contributed by atoms with van der Waals surface area (Å²) in [4.78, 5) is 0. The lowest BCUT2D eigenvalue weighted by atomic mass is 9.58. The smallest absolute Gasteiger partial charge is 0.00120 e. The number of hydrogen-bond acceptors (Lipinski definition) is 1. The van der Waals surface area contributed by atoms with Crippen LogP contribution in [0, 0.1) is 23.2 Å². The summed E-state index contributed by atoms with van der Waals surface area (Å²) in [6, 6.07) is 11.2. The standard InChI is InChI=1S/C20H29N/c1-2-5-16(6-3-1)13-19-15-21-12-11-20(19)10-4-7-18(14-20)17-8-9-17/h1-3,5-6,17-19,21H,4,7-15H2. The van der Waals surface area contributed by atoms with Gasteiger partial charge >= 0.3 is 0 Å². The summed E-state index contributed by atoms with van der Waals surface area (Å²) in [6.45, 7) is 2.49. The van der Waals surface area contributed by atoms with Gasteiger partial charge in [0, 0.05) is 0 Å². The lowest BCUT2D eigenvalue weighted by molar-refractivity contribution is 0.0269. The van der Waals surface area contributed by atoms with E-state index in [1.165, 1.54) is 64.5 Å². The zero-order valence-corrected chi connectivity index (χ0v) is 13.2. The van der Waals surface area contributed by atoms with E-state index in [1.807, 2.05) is 0 Å². The maximum atomic E-state index is 3.69. The van der Waals surface area contributed by atoms with Crippen molar-refractivity contribution >= 4 is 0 Å². The van der Waals surface area contributed by atoms with Crippen LogP contribution in [0.25, 0.3) is 0 Å². The second-order valence-corrected chi connectivity index (χ2v) is 7.90. The van der Waals surface area contributed by atoms with Crippen LogP contribution in [0.4, 0.5) is 0 Å². The highest BCUT2D eigenvalue weighted by Gasteiger charge is 2.46. The lowest BCUT2D eigenvalue weighted by Crippen LogP contribution is -2.48. The normalized spacial score (nSPS) is 36.8. The molecule has 1 heterocycles. The Morgan fingerprint density at radius 2 is 1.86 bits per heavy atom. The zero-order valence-electron chi connectivity index (χ0n) is 13.2. The molecule has 3 fully saturated rings. The van der Waals surface area contributed by atoms with Crippen LogP contribution < -0.4 is 5.32 Å². The van der Waals surface area contributed by atoms with E-state index in [1.54, 1.807) is 5.56 Å². The summed E-state index contributed by atoms with van der Waals surface area (Å²) >= 11 is 0. The third kappa shape index (κ3) is 2.90. The number of hydrogen-bond donors (Lipinski definition) is 1. The van der Waals surface area contributed by atoms with E-state index < -0.39 is 0 Å². The molecule has 21 heavy (non-hydrogen) atoms. The average Bonchev–Trinajstić information content (AvgIpc) is 3.36. The minimum absolute atomic E-state index is 0.659. The molecule has 1 aromatic carbocycles. The predicted molar refractivity (Wildman–Crippen MR) is 88.2 cm³/mol. The van der Waals surface area contributed by atoms with Gasteiger partial charge in [0.1, 0.15) is 0 Å². The molecule has 3 unspecified atom stereocenters. The summed E-state index contributed by atoms with van der Waals surface area (Å²) in [5.41, 5.74) is 2.20. The van der Waals surface area contributed by atoms with Gasteiger partial charge < -0.3 is 5.32 Å². The van der Waals surface area contributed by atoms with Gasteiger partial charge in [-0.25, -0.2) is 0 Å². The van der Waals surface area contributed by atoms with Gasteiger partial charge in [-0.1, -0.05) is 43.2 Å². The van der Waals surface area contributed by atoms with Crippen molar-refractivity contribution in [1.29, 1.82) is 0 Å². The molecule has 0 amide bonds. The highest BCUT2D eigenvalue weighted by molar-refractivity contribution is 5.16. The zero-order chi connectivity index (χ0) is 14.1. The first-order valence-electron chi connectivity index (χ1n) is 9.10. The molecular weight excluding hydrogens is 254 g/mol. The van der Waals surface area contributed by atoms with Gasteiger partial charge in [-0.05, 0) is 80.3 Å². The minimum Gasteiger partial charge on any atom is -0.316 e. The largest absolute Gasteiger partial charge is 0.316 e. The fraction of sp³-hybridized carbons (Fsp3) is 0.700. The molecular formula is C20H29N. The molecule has 1 aliphatic heterocycles. The summed E-state index contributed by atoms with van der Waals surface area (Å²) in [6.07, 6.45) is 11.8. The number of piperidine rings is 1. The molecule has 0 aromatic heterocycles. The first-order chi connectivity index (χ1) is 10.4. The molecule has 3 aliphatic rings. The Morgan fingerprint density at radius 1 is 1.00 bits per heavy atom. The Labute approximate surface area is 129 Å². The van der Waals surface area contributed by atoms with Crippen LogP contribution in [-0.4, -0.2) is 13.1 Å². The number of benzene rings is 1. The van der Waals surface area contributed by atoms with Crippen molar-refractivity contribution < 1.29 is 0 Å². The van der Waals surface area contributed by atoms with E-state index >= 15 is 0 Å². The van der Waals surface area contributed by atoms with Crippen molar-refractivity contribution in [3.05, 3.63) is 35.9 Å². The van der Waals surface area contributed by atoms with Crippen LogP contribution in [0.2, 0.25) is 0 Å². The monoisotopic (exact) mass is 283 g/mol.